The van der Waals surface area contributed by atoms with Gasteiger partial charge in [-0.2, -0.15) is 5.10 Å². The first-order valence-electron chi connectivity index (χ1n) is 8.52. The van der Waals surface area contributed by atoms with Crippen molar-refractivity contribution < 1.29 is 0 Å². The van der Waals surface area contributed by atoms with Crippen LogP contribution in [0.1, 0.15) is 70.5 Å². The highest BCUT2D eigenvalue weighted by Gasteiger charge is 2.34. The topological polar surface area (TPSA) is 29.9 Å². The van der Waals surface area contributed by atoms with Gasteiger partial charge in [-0.1, -0.05) is 13.3 Å². The Morgan fingerprint density at radius 3 is 2.76 bits per heavy atom. The number of hydrogen-bond acceptors (Lipinski definition) is 2. The maximum atomic E-state index is 4.61. The predicted molar refractivity (Wildman–Crippen MR) is 90.6 cm³/mol. The van der Waals surface area contributed by atoms with Crippen LogP contribution >= 0.6 is 15.9 Å². The van der Waals surface area contributed by atoms with E-state index >= 15 is 0 Å². The van der Waals surface area contributed by atoms with Gasteiger partial charge in [0.2, 0.25) is 0 Å². The maximum Gasteiger partial charge on any atom is 0.0635 e. The van der Waals surface area contributed by atoms with Crippen LogP contribution in [-0.2, 0) is 0 Å². The molecule has 1 aromatic heterocycles. The van der Waals surface area contributed by atoms with Crippen molar-refractivity contribution in [2.75, 3.05) is 6.54 Å². The van der Waals surface area contributed by atoms with E-state index in [1.165, 1.54) is 48.8 Å². The Morgan fingerprint density at radius 2 is 2.10 bits per heavy atom. The lowest BCUT2D eigenvalue weighted by Gasteiger charge is -2.36. The number of rotatable bonds is 5. The predicted octanol–water partition coefficient (Wildman–Crippen LogP) is 4.50. The maximum absolute atomic E-state index is 4.61. The molecular formula is C17H28BrN3. The lowest BCUT2D eigenvalue weighted by Crippen LogP contribution is -2.33. The number of nitrogens with one attached hydrogen (secondary N) is 1. The van der Waals surface area contributed by atoms with Gasteiger partial charge in [-0.05, 0) is 73.8 Å². The van der Waals surface area contributed by atoms with E-state index in [4.69, 9.17) is 0 Å². The third kappa shape index (κ3) is 3.53. The van der Waals surface area contributed by atoms with Crippen LogP contribution in [0.3, 0.4) is 0 Å². The van der Waals surface area contributed by atoms with Crippen molar-refractivity contribution in [1.29, 1.82) is 0 Å². The molecule has 4 heteroatoms. The van der Waals surface area contributed by atoms with Gasteiger partial charge in [-0.25, -0.2) is 0 Å². The Balaban J connectivity index is 1.82. The molecule has 0 radical (unpaired) electrons. The molecule has 0 saturated heterocycles. The molecule has 21 heavy (non-hydrogen) atoms. The summed E-state index contributed by atoms with van der Waals surface area (Å²) in [5.41, 5.74) is 1.43. The molecule has 1 aromatic rings. The summed E-state index contributed by atoms with van der Waals surface area (Å²) in [6.45, 7) is 8.04. The van der Waals surface area contributed by atoms with Gasteiger partial charge in [0.1, 0.15) is 0 Å². The molecule has 0 spiro atoms. The molecule has 1 heterocycles. The van der Waals surface area contributed by atoms with E-state index in [2.05, 4.69) is 51.8 Å². The fraction of sp³-hybridized carbons (Fsp3) is 0.824. The van der Waals surface area contributed by atoms with E-state index in [9.17, 15) is 0 Å². The normalized spacial score (nSPS) is 30.0. The van der Waals surface area contributed by atoms with E-state index in [1.807, 2.05) is 6.20 Å². The van der Waals surface area contributed by atoms with E-state index in [-0.39, 0.29) is 0 Å². The molecule has 2 aliphatic carbocycles. The number of hydrogen-bond donors (Lipinski definition) is 1. The largest absolute Gasteiger partial charge is 0.314 e. The standard InChI is InChI=1S/C17H28BrN3/c1-11(2)21-17(16(18)10-20-21)15-8-12(3)4-5-13(15)9-19-14-6-7-14/h10-15,19H,4-9H2,1-3H3. The van der Waals surface area contributed by atoms with Gasteiger partial charge in [0.05, 0.1) is 16.4 Å². The van der Waals surface area contributed by atoms with E-state index in [0.29, 0.717) is 12.0 Å². The monoisotopic (exact) mass is 353 g/mol. The summed E-state index contributed by atoms with van der Waals surface area (Å²) in [4.78, 5) is 0. The summed E-state index contributed by atoms with van der Waals surface area (Å²) >= 11 is 3.76. The molecule has 3 nitrogen and oxygen atoms in total. The van der Waals surface area contributed by atoms with Crippen molar-refractivity contribution in [2.45, 2.75) is 70.9 Å². The minimum Gasteiger partial charge on any atom is -0.314 e. The van der Waals surface area contributed by atoms with E-state index < -0.39 is 0 Å². The summed E-state index contributed by atoms with van der Waals surface area (Å²) in [6.07, 6.45) is 8.76. The molecular weight excluding hydrogens is 326 g/mol. The zero-order valence-electron chi connectivity index (χ0n) is 13.5. The van der Waals surface area contributed by atoms with Gasteiger partial charge in [0, 0.05) is 18.0 Å². The molecule has 2 aliphatic rings. The van der Waals surface area contributed by atoms with Crippen molar-refractivity contribution in [3.63, 3.8) is 0 Å². The molecule has 0 amide bonds. The van der Waals surface area contributed by atoms with Gasteiger partial charge in [-0.15, -0.1) is 0 Å². The first kappa shape index (κ1) is 15.5. The van der Waals surface area contributed by atoms with E-state index in [1.54, 1.807) is 0 Å². The summed E-state index contributed by atoms with van der Waals surface area (Å²) in [5, 5.41) is 8.36. The Morgan fingerprint density at radius 1 is 1.33 bits per heavy atom. The van der Waals surface area contributed by atoms with Crippen LogP contribution in [0.25, 0.3) is 0 Å². The smallest absolute Gasteiger partial charge is 0.0635 e. The Bertz CT molecular complexity index is 478. The van der Waals surface area contributed by atoms with Crippen LogP contribution < -0.4 is 5.32 Å². The summed E-state index contributed by atoms with van der Waals surface area (Å²) in [5.74, 6) is 2.22. The molecule has 3 atom stereocenters. The minimum atomic E-state index is 0.431. The van der Waals surface area contributed by atoms with Crippen LogP contribution in [0.15, 0.2) is 10.7 Å². The highest BCUT2D eigenvalue weighted by molar-refractivity contribution is 9.10. The Labute approximate surface area is 137 Å². The van der Waals surface area contributed by atoms with Crippen molar-refractivity contribution in [3.8, 4) is 0 Å². The summed E-state index contributed by atoms with van der Waals surface area (Å²) < 4.78 is 3.43. The van der Waals surface area contributed by atoms with Crippen molar-refractivity contribution in [1.82, 2.24) is 15.1 Å². The van der Waals surface area contributed by atoms with Crippen LogP contribution in [0.5, 0.6) is 0 Å². The minimum absolute atomic E-state index is 0.431. The van der Waals surface area contributed by atoms with Gasteiger partial charge < -0.3 is 5.32 Å². The van der Waals surface area contributed by atoms with Gasteiger partial charge in [0.15, 0.2) is 0 Å². The molecule has 3 unspecified atom stereocenters. The molecule has 2 fully saturated rings. The van der Waals surface area contributed by atoms with Crippen molar-refractivity contribution >= 4 is 15.9 Å². The molecule has 118 valence electrons. The van der Waals surface area contributed by atoms with Crippen molar-refractivity contribution in [2.24, 2.45) is 11.8 Å². The first-order chi connectivity index (χ1) is 10.1. The second kappa shape index (κ2) is 6.41. The van der Waals surface area contributed by atoms with Crippen LogP contribution in [-0.4, -0.2) is 22.4 Å². The number of nitrogens with zero attached hydrogens (tertiary/aromatic N) is 2. The molecule has 0 bridgehead atoms. The zero-order valence-corrected chi connectivity index (χ0v) is 15.1. The molecule has 0 aromatic carbocycles. The van der Waals surface area contributed by atoms with Gasteiger partial charge >= 0.3 is 0 Å². The number of aromatic nitrogens is 2. The second-order valence-corrected chi connectivity index (χ2v) is 8.24. The second-order valence-electron chi connectivity index (χ2n) is 7.38. The molecule has 3 rings (SSSR count). The summed E-state index contributed by atoms with van der Waals surface area (Å²) in [6, 6.07) is 1.24. The molecule has 1 N–H and O–H groups in total. The quantitative estimate of drug-likeness (QED) is 0.844. The first-order valence-corrected chi connectivity index (χ1v) is 9.31. The zero-order chi connectivity index (χ0) is 15.0. The third-order valence-electron chi connectivity index (χ3n) is 5.13. The third-order valence-corrected chi connectivity index (χ3v) is 5.74. The van der Waals surface area contributed by atoms with Crippen molar-refractivity contribution in [3.05, 3.63) is 16.4 Å². The highest BCUT2D eigenvalue weighted by atomic mass is 79.9. The van der Waals surface area contributed by atoms with Gasteiger partial charge in [0.25, 0.3) is 0 Å². The fourth-order valence-corrected chi connectivity index (χ4v) is 4.30. The van der Waals surface area contributed by atoms with E-state index in [0.717, 1.165) is 17.9 Å². The van der Waals surface area contributed by atoms with Crippen LogP contribution in [0.4, 0.5) is 0 Å². The Hall–Kier alpha value is -0.350. The average molecular weight is 354 g/mol. The van der Waals surface area contributed by atoms with Crippen LogP contribution in [0, 0.1) is 11.8 Å². The van der Waals surface area contributed by atoms with Crippen LogP contribution in [0.2, 0.25) is 0 Å². The highest BCUT2D eigenvalue weighted by Crippen LogP contribution is 2.43. The average Bonchev–Trinajstić information content (AvgIpc) is 3.18. The molecule has 0 aliphatic heterocycles. The molecule has 2 saturated carbocycles. The fourth-order valence-electron chi connectivity index (χ4n) is 3.74. The number of halogens is 1. The summed E-state index contributed by atoms with van der Waals surface area (Å²) in [7, 11) is 0. The Kier molecular flexibility index (Phi) is 4.75. The SMILES string of the molecule is CC1CCC(CNC2CC2)C(c2c(Br)cnn2C(C)C)C1. The van der Waals surface area contributed by atoms with Gasteiger partial charge in [-0.3, -0.25) is 4.68 Å². The lowest BCUT2D eigenvalue weighted by atomic mass is 9.73. The lowest BCUT2D eigenvalue weighted by molar-refractivity contribution is 0.229.